The molecular formula is C12H23Cl2N3OS. The van der Waals surface area contributed by atoms with Crippen LogP contribution in [0.3, 0.4) is 0 Å². The number of rotatable bonds is 6. The molecule has 1 heterocycles. The summed E-state index contributed by atoms with van der Waals surface area (Å²) in [6, 6.07) is -0.0798. The van der Waals surface area contributed by atoms with Crippen molar-refractivity contribution in [3.05, 3.63) is 15.6 Å². The lowest BCUT2D eigenvalue weighted by molar-refractivity contribution is -0.121. The molecule has 1 atom stereocenters. The summed E-state index contributed by atoms with van der Waals surface area (Å²) < 4.78 is 0. The first-order valence-electron chi connectivity index (χ1n) is 6.00. The van der Waals surface area contributed by atoms with Crippen LogP contribution in [0.15, 0.2) is 0 Å². The molecule has 0 aromatic carbocycles. The molecule has 0 aliphatic carbocycles. The Kier molecular flexibility index (Phi) is 11.5. The van der Waals surface area contributed by atoms with Crippen molar-refractivity contribution < 1.29 is 4.79 Å². The number of hydrogen-bond acceptors (Lipinski definition) is 4. The van der Waals surface area contributed by atoms with Gasteiger partial charge >= 0.3 is 0 Å². The second-order valence-corrected chi connectivity index (χ2v) is 5.53. The summed E-state index contributed by atoms with van der Waals surface area (Å²) in [7, 11) is 0. The van der Waals surface area contributed by atoms with Crippen LogP contribution in [-0.2, 0) is 17.6 Å². The maximum Gasteiger partial charge on any atom is 0.221 e. The van der Waals surface area contributed by atoms with Crippen LogP contribution in [0.2, 0.25) is 0 Å². The molecule has 1 aromatic rings. The summed E-state index contributed by atoms with van der Waals surface area (Å²) in [4.78, 5) is 17.2. The highest BCUT2D eigenvalue weighted by molar-refractivity contribution is 7.11. The van der Waals surface area contributed by atoms with E-state index in [0.717, 1.165) is 17.8 Å². The number of hydrogen-bond donors (Lipinski definition) is 2. The number of aromatic nitrogens is 1. The van der Waals surface area contributed by atoms with Crippen molar-refractivity contribution in [1.29, 1.82) is 0 Å². The van der Waals surface area contributed by atoms with Crippen LogP contribution in [-0.4, -0.2) is 23.5 Å². The maximum atomic E-state index is 11.4. The van der Waals surface area contributed by atoms with Gasteiger partial charge in [0.1, 0.15) is 0 Å². The van der Waals surface area contributed by atoms with Crippen molar-refractivity contribution >= 4 is 42.1 Å². The first-order chi connectivity index (χ1) is 8.02. The van der Waals surface area contributed by atoms with E-state index < -0.39 is 0 Å². The highest BCUT2D eigenvalue weighted by Gasteiger charge is 2.07. The molecule has 0 spiro atoms. The van der Waals surface area contributed by atoms with Crippen molar-refractivity contribution in [1.82, 2.24) is 10.3 Å². The summed E-state index contributed by atoms with van der Waals surface area (Å²) in [6.07, 6.45) is 2.16. The van der Waals surface area contributed by atoms with Gasteiger partial charge in [0.05, 0.1) is 10.7 Å². The Balaban J connectivity index is 0. The Morgan fingerprint density at radius 3 is 2.58 bits per heavy atom. The number of aryl methyl sites for hydroxylation is 2. The van der Waals surface area contributed by atoms with Gasteiger partial charge in [-0.2, -0.15) is 0 Å². The molecule has 0 aliphatic rings. The average Bonchev–Trinajstić information content (AvgIpc) is 2.57. The van der Waals surface area contributed by atoms with Crippen LogP contribution >= 0.6 is 36.2 Å². The molecule has 4 nitrogen and oxygen atoms in total. The van der Waals surface area contributed by atoms with Gasteiger partial charge in [-0.25, -0.2) is 4.98 Å². The third-order valence-electron chi connectivity index (χ3n) is 2.44. The van der Waals surface area contributed by atoms with Gasteiger partial charge in [-0.1, -0.05) is 6.92 Å². The van der Waals surface area contributed by atoms with E-state index >= 15 is 0 Å². The zero-order chi connectivity index (χ0) is 12.8. The molecule has 0 bridgehead atoms. The number of carbonyl (C=O) groups excluding carboxylic acids is 1. The normalized spacial score (nSPS) is 11.2. The molecular weight excluding hydrogens is 305 g/mol. The van der Waals surface area contributed by atoms with E-state index in [-0.39, 0.29) is 36.8 Å². The summed E-state index contributed by atoms with van der Waals surface area (Å²) in [6.45, 7) is 6.67. The zero-order valence-electron chi connectivity index (χ0n) is 11.6. The first-order valence-corrected chi connectivity index (χ1v) is 6.82. The number of amides is 1. The molecule has 0 aliphatic heterocycles. The number of nitrogens with one attached hydrogen (secondary N) is 1. The SMILES string of the molecule is CCc1nc(CCNC(=O)CC(C)N)sc1C.Cl.Cl. The average molecular weight is 328 g/mol. The lowest BCUT2D eigenvalue weighted by atomic mass is 10.2. The van der Waals surface area contributed by atoms with Crippen LogP contribution < -0.4 is 11.1 Å². The minimum atomic E-state index is -0.0798. The number of halogens is 2. The zero-order valence-corrected chi connectivity index (χ0v) is 14.0. The van der Waals surface area contributed by atoms with E-state index in [4.69, 9.17) is 5.73 Å². The Morgan fingerprint density at radius 2 is 2.11 bits per heavy atom. The lowest BCUT2D eigenvalue weighted by Gasteiger charge is -2.05. The van der Waals surface area contributed by atoms with E-state index in [1.807, 2.05) is 6.92 Å². The first kappa shape index (κ1) is 20.9. The van der Waals surface area contributed by atoms with E-state index in [0.29, 0.717) is 13.0 Å². The fourth-order valence-electron chi connectivity index (χ4n) is 1.60. The minimum absolute atomic E-state index is 0. The Bertz CT molecular complexity index is 383. The van der Waals surface area contributed by atoms with Gasteiger partial charge in [-0.15, -0.1) is 36.2 Å². The van der Waals surface area contributed by atoms with Gasteiger partial charge in [0, 0.05) is 30.3 Å². The molecule has 112 valence electrons. The predicted octanol–water partition coefficient (Wildman–Crippen LogP) is 2.25. The molecule has 1 aromatic heterocycles. The third kappa shape index (κ3) is 7.72. The number of carbonyl (C=O) groups is 1. The van der Waals surface area contributed by atoms with Crippen LogP contribution in [0.5, 0.6) is 0 Å². The summed E-state index contributed by atoms with van der Waals surface area (Å²) in [5.74, 6) is 0.0176. The van der Waals surface area contributed by atoms with Gasteiger partial charge in [0.25, 0.3) is 0 Å². The molecule has 1 amide bonds. The molecule has 0 saturated carbocycles. The number of nitrogens with zero attached hydrogens (tertiary/aromatic N) is 1. The topological polar surface area (TPSA) is 68.0 Å². The van der Waals surface area contributed by atoms with Crippen LogP contribution in [0.1, 0.15) is 35.8 Å². The molecule has 0 radical (unpaired) electrons. The van der Waals surface area contributed by atoms with E-state index in [9.17, 15) is 4.79 Å². The van der Waals surface area contributed by atoms with Gasteiger partial charge in [-0.3, -0.25) is 4.79 Å². The molecule has 1 rings (SSSR count). The predicted molar refractivity (Wildman–Crippen MR) is 85.7 cm³/mol. The van der Waals surface area contributed by atoms with Crippen LogP contribution in [0.4, 0.5) is 0 Å². The fourth-order valence-corrected chi connectivity index (χ4v) is 2.62. The minimum Gasteiger partial charge on any atom is -0.356 e. The van der Waals surface area contributed by atoms with Crippen molar-refractivity contribution in [2.45, 2.75) is 46.1 Å². The molecule has 0 saturated heterocycles. The molecule has 1 unspecified atom stereocenters. The fraction of sp³-hybridized carbons (Fsp3) is 0.667. The standard InChI is InChI=1S/C12H21N3OS.2ClH/c1-4-10-9(3)17-12(15-10)5-6-14-11(16)7-8(2)13;;/h8H,4-7,13H2,1-3H3,(H,14,16);2*1H. The molecule has 0 fully saturated rings. The van der Waals surface area contributed by atoms with Crippen LogP contribution in [0, 0.1) is 6.92 Å². The quantitative estimate of drug-likeness (QED) is 0.842. The summed E-state index contributed by atoms with van der Waals surface area (Å²) in [5.41, 5.74) is 6.72. The largest absolute Gasteiger partial charge is 0.356 e. The number of thiazole rings is 1. The van der Waals surface area contributed by atoms with Crippen molar-refractivity contribution in [3.8, 4) is 0 Å². The molecule has 3 N–H and O–H groups in total. The van der Waals surface area contributed by atoms with Gasteiger partial charge in [0.15, 0.2) is 0 Å². The maximum absolute atomic E-state index is 11.4. The van der Waals surface area contributed by atoms with Crippen molar-refractivity contribution in [2.75, 3.05) is 6.54 Å². The second-order valence-electron chi connectivity index (χ2n) is 4.25. The van der Waals surface area contributed by atoms with Crippen LogP contribution in [0.25, 0.3) is 0 Å². The summed E-state index contributed by atoms with van der Waals surface area (Å²) >= 11 is 1.72. The monoisotopic (exact) mass is 327 g/mol. The van der Waals surface area contributed by atoms with E-state index in [1.54, 1.807) is 11.3 Å². The number of nitrogens with two attached hydrogens (primary N) is 1. The smallest absolute Gasteiger partial charge is 0.221 e. The third-order valence-corrected chi connectivity index (χ3v) is 3.51. The highest BCUT2D eigenvalue weighted by Crippen LogP contribution is 2.17. The van der Waals surface area contributed by atoms with E-state index in [1.165, 1.54) is 10.6 Å². The van der Waals surface area contributed by atoms with Gasteiger partial charge < -0.3 is 11.1 Å². The Morgan fingerprint density at radius 1 is 1.47 bits per heavy atom. The Hall–Kier alpha value is -0.360. The highest BCUT2D eigenvalue weighted by atomic mass is 35.5. The molecule has 7 heteroatoms. The van der Waals surface area contributed by atoms with Crippen molar-refractivity contribution in [2.24, 2.45) is 5.73 Å². The van der Waals surface area contributed by atoms with Gasteiger partial charge in [-0.05, 0) is 20.3 Å². The second kappa shape index (κ2) is 10.4. The lowest BCUT2D eigenvalue weighted by Crippen LogP contribution is -2.31. The summed E-state index contributed by atoms with van der Waals surface area (Å²) in [5, 5.41) is 3.95. The van der Waals surface area contributed by atoms with E-state index in [2.05, 4.69) is 24.1 Å². The van der Waals surface area contributed by atoms with Crippen molar-refractivity contribution in [3.63, 3.8) is 0 Å². The Labute approximate surface area is 131 Å². The molecule has 19 heavy (non-hydrogen) atoms. The van der Waals surface area contributed by atoms with Gasteiger partial charge in [0.2, 0.25) is 5.91 Å².